The molecule has 164 valence electrons. The van der Waals surface area contributed by atoms with E-state index in [0.717, 1.165) is 31.5 Å². The number of amides is 1. The summed E-state index contributed by atoms with van der Waals surface area (Å²) in [6.45, 7) is 3.89. The number of ether oxygens (including phenoxy) is 2. The maximum atomic E-state index is 12.3. The Morgan fingerprint density at radius 1 is 1.13 bits per heavy atom. The largest absolute Gasteiger partial charge is 0.490 e. The molecule has 1 fully saturated rings. The Balaban J connectivity index is 1.60. The van der Waals surface area contributed by atoms with Crippen LogP contribution in [0.25, 0.3) is 0 Å². The van der Waals surface area contributed by atoms with E-state index >= 15 is 0 Å². The summed E-state index contributed by atoms with van der Waals surface area (Å²) in [4.78, 5) is 24.4. The third-order valence-electron chi connectivity index (χ3n) is 4.81. The van der Waals surface area contributed by atoms with Crippen molar-refractivity contribution in [2.75, 3.05) is 31.7 Å². The Morgan fingerprint density at radius 3 is 2.55 bits per heavy atom. The van der Waals surface area contributed by atoms with Gasteiger partial charge < -0.3 is 14.4 Å². The van der Waals surface area contributed by atoms with Gasteiger partial charge in [0.2, 0.25) is 0 Å². The van der Waals surface area contributed by atoms with Gasteiger partial charge in [0, 0.05) is 25.2 Å². The first-order valence-corrected chi connectivity index (χ1v) is 10.3. The molecular weight excluding hydrogens is 400 g/mol. The molecule has 3 rings (SSSR count). The summed E-state index contributed by atoms with van der Waals surface area (Å²) in [7, 11) is 0. The van der Waals surface area contributed by atoms with E-state index in [1.54, 1.807) is 30.5 Å². The van der Waals surface area contributed by atoms with Crippen molar-refractivity contribution in [3.63, 3.8) is 0 Å². The Kier molecular flexibility index (Phi) is 7.80. The lowest BCUT2D eigenvalue weighted by Gasteiger charge is -2.26. The van der Waals surface area contributed by atoms with Crippen LogP contribution in [0.3, 0.4) is 0 Å². The predicted octanol–water partition coefficient (Wildman–Crippen LogP) is 3.83. The topological polar surface area (TPSA) is 106 Å². The van der Waals surface area contributed by atoms with Gasteiger partial charge in [0.05, 0.1) is 23.4 Å². The van der Waals surface area contributed by atoms with Crippen LogP contribution in [0.2, 0.25) is 0 Å². The lowest BCUT2D eigenvalue weighted by atomic mass is 10.1. The second kappa shape index (κ2) is 11.0. The average molecular weight is 426 g/mol. The van der Waals surface area contributed by atoms with Gasteiger partial charge >= 0.3 is 0 Å². The summed E-state index contributed by atoms with van der Waals surface area (Å²) in [5.74, 6) is 1.03. The fraction of sp³-hybridized carbons (Fsp3) is 0.364. The van der Waals surface area contributed by atoms with Crippen molar-refractivity contribution in [2.24, 2.45) is 5.10 Å². The molecule has 1 aliphatic rings. The number of nitrogens with zero attached hydrogens (tertiary/aromatic N) is 3. The molecule has 0 atom stereocenters. The van der Waals surface area contributed by atoms with Gasteiger partial charge in [0.15, 0.2) is 18.1 Å². The number of nitro groups is 1. The van der Waals surface area contributed by atoms with Gasteiger partial charge in [0.25, 0.3) is 11.6 Å². The molecule has 0 aromatic heterocycles. The second-order valence-electron chi connectivity index (χ2n) is 7.04. The molecule has 0 bridgehead atoms. The van der Waals surface area contributed by atoms with E-state index < -0.39 is 4.92 Å². The van der Waals surface area contributed by atoms with Gasteiger partial charge in [-0.25, -0.2) is 0 Å². The van der Waals surface area contributed by atoms with Gasteiger partial charge in [-0.2, -0.15) is 5.10 Å². The predicted molar refractivity (Wildman–Crippen MR) is 118 cm³/mol. The summed E-state index contributed by atoms with van der Waals surface area (Å²) < 4.78 is 11.4. The first kappa shape index (κ1) is 22.1. The van der Waals surface area contributed by atoms with Crippen LogP contribution in [-0.4, -0.2) is 48.2 Å². The minimum Gasteiger partial charge on any atom is -0.490 e. The lowest BCUT2D eigenvalue weighted by Crippen LogP contribution is -2.38. The van der Waals surface area contributed by atoms with Gasteiger partial charge in [-0.05, 0) is 62.1 Å². The van der Waals surface area contributed by atoms with E-state index in [-0.39, 0.29) is 18.2 Å². The third-order valence-corrected chi connectivity index (χ3v) is 4.81. The molecule has 0 aliphatic carbocycles. The van der Waals surface area contributed by atoms with Gasteiger partial charge in [0.1, 0.15) is 0 Å². The zero-order valence-electron chi connectivity index (χ0n) is 17.5. The maximum Gasteiger partial charge on any atom is 0.269 e. The molecule has 2 aromatic carbocycles. The number of likely N-dealkylation sites (tertiary alicyclic amines) is 1. The number of nitro benzene ring substituents is 1. The maximum absolute atomic E-state index is 12.3. The molecule has 1 aliphatic heterocycles. The standard InChI is InChI=1S/C22H26N4O5/c1-2-30-21-14-17(15-23-24-18-7-9-19(10-8-18)26(28)29)6-11-20(21)31-16-22(27)25-12-4-3-5-13-25/h6-11,14-15,24H,2-5,12-13,16H2,1H3/b23-15+. The molecule has 0 radical (unpaired) electrons. The molecule has 0 spiro atoms. The number of carbonyl (C=O) groups excluding carboxylic acids is 1. The third kappa shape index (κ3) is 6.43. The number of non-ortho nitro benzene ring substituents is 1. The quantitative estimate of drug-likeness (QED) is 0.371. The van der Waals surface area contributed by atoms with E-state index in [1.807, 2.05) is 17.9 Å². The number of nitrogens with one attached hydrogen (secondary N) is 1. The first-order chi connectivity index (χ1) is 15.1. The molecule has 1 amide bonds. The molecular formula is C22H26N4O5. The number of rotatable bonds is 9. The molecule has 9 heteroatoms. The van der Waals surface area contributed by atoms with Crippen LogP contribution in [0.15, 0.2) is 47.6 Å². The number of hydrogen-bond donors (Lipinski definition) is 1. The highest BCUT2D eigenvalue weighted by molar-refractivity contribution is 5.82. The van der Waals surface area contributed by atoms with Crippen LogP contribution in [0.4, 0.5) is 11.4 Å². The SMILES string of the molecule is CCOc1cc(/C=N/Nc2ccc([N+](=O)[O-])cc2)ccc1OCC(=O)N1CCCCC1. The Hall–Kier alpha value is -3.62. The number of anilines is 1. The molecule has 2 aromatic rings. The Bertz CT molecular complexity index is 924. The highest BCUT2D eigenvalue weighted by atomic mass is 16.6. The number of hydrogen-bond acceptors (Lipinski definition) is 7. The Morgan fingerprint density at radius 2 is 1.87 bits per heavy atom. The molecule has 0 saturated carbocycles. The molecule has 1 N–H and O–H groups in total. The van der Waals surface area contributed by atoms with E-state index in [4.69, 9.17) is 9.47 Å². The van der Waals surface area contributed by atoms with Gasteiger partial charge in [-0.3, -0.25) is 20.3 Å². The van der Waals surface area contributed by atoms with Crippen molar-refractivity contribution in [2.45, 2.75) is 26.2 Å². The highest BCUT2D eigenvalue weighted by Crippen LogP contribution is 2.28. The molecule has 1 saturated heterocycles. The van der Waals surface area contributed by atoms with Crippen molar-refractivity contribution >= 4 is 23.5 Å². The fourth-order valence-corrected chi connectivity index (χ4v) is 3.21. The van der Waals surface area contributed by atoms with Crippen LogP contribution in [0, 0.1) is 10.1 Å². The van der Waals surface area contributed by atoms with Crippen molar-refractivity contribution < 1.29 is 19.2 Å². The lowest BCUT2D eigenvalue weighted by molar-refractivity contribution is -0.384. The van der Waals surface area contributed by atoms with E-state index in [2.05, 4.69) is 10.5 Å². The van der Waals surface area contributed by atoms with Crippen LogP contribution in [-0.2, 0) is 4.79 Å². The van der Waals surface area contributed by atoms with Gasteiger partial charge in [-0.15, -0.1) is 0 Å². The minimum atomic E-state index is -0.452. The number of hydrazone groups is 1. The zero-order valence-corrected chi connectivity index (χ0v) is 17.5. The van der Waals surface area contributed by atoms with Gasteiger partial charge in [-0.1, -0.05) is 0 Å². The smallest absolute Gasteiger partial charge is 0.269 e. The minimum absolute atomic E-state index is 0.0138. The van der Waals surface area contributed by atoms with Crippen molar-refractivity contribution in [1.82, 2.24) is 4.90 Å². The Labute approximate surface area is 180 Å². The van der Waals surface area contributed by atoms with Crippen LogP contribution in [0.1, 0.15) is 31.7 Å². The van der Waals surface area contributed by atoms with Crippen molar-refractivity contribution in [3.05, 3.63) is 58.1 Å². The van der Waals surface area contributed by atoms with E-state index in [9.17, 15) is 14.9 Å². The fourth-order valence-electron chi connectivity index (χ4n) is 3.21. The average Bonchev–Trinajstić information content (AvgIpc) is 2.79. The van der Waals surface area contributed by atoms with Crippen molar-refractivity contribution in [3.8, 4) is 11.5 Å². The zero-order chi connectivity index (χ0) is 22.1. The molecule has 31 heavy (non-hydrogen) atoms. The molecule has 0 unspecified atom stereocenters. The first-order valence-electron chi connectivity index (χ1n) is 10.3. The summed E-state index contributed by atoms with van der Waals surface area (Å²) in [5, 5.41) is 14.9. The normalized spacial score (nSPS) is 13.8. The summed E-state index contributed by atoms with van der Waals surface area (Å²) >= 11 is 0. The van der Waals surface area contributed by atoms with E-state index in [1.165, 1.54) is 18.6 Å². The highest BCUT2D eigenvalue weighted by Gasteiger charge is 2.17. The number of benzene rings is 2. The van der Waals surface area contributed by atoms with Crippen molar-refractivity contribution in [1.29, 1.82) is 0 Å². The van der Waals surface area contributed by atoms with Crippen LogP contribution in [0.5, 0.6) is 11.5 Å². The molecule has 9 nitrogen and oxygen atoms in total. The van der Waals surface area contributed by atoms with E-state index in [0.29, 0.717) is 23.8 Å². The van der Waals surface area contributed by atoms with Crippen LogP contribution >= 0.6 is 0 Å². The van der Waals surface area contributed by atoms with Crippen LogP contribution < -0.4 is 14.9 Å². The monoisotopic (exact) mass is 426 g/mol. The molecule has 1 heterocycles. The summed E-state index contributed by atoms with van der Waals surface area (Å²) in [6, 6.07) is 11.3. The summed E-state index contributed by atoms with van der Waals surface area (Å²) in [5.41, 5.74) is 4.24. The second-order valence-corrected chi connectivity index (χ2v) is 7.04. The number of piperidine rings is 1. The number of carbonyl (C=O) groups is 1. The summed E-state index contributed by atoms with van der Waals surface area (Å²) in [6.07, 6.45) is 4.85.